The van der Waals surface area contributed by atoms with Gasteiger partial charge in [-0.2, -0.15) is 0 Å². The first-order chi connectivity index (χ1) is 11.8. The van der Waals surface area contributed by atoms with Crippen molar-refractivity contribution in [3.8, 4) is 11.5 Å². The molecular formula is C19H19N3O2. The SMILES string of the molecule is COc1cc2ncnc(N3CCC3)c2cc1OCc1ccccc1. The Morgan fingerprint density at radius 2 is 1.88 bits per heavy atom. The number of nitrogens with zero attached hydrogens (tertiary/aromatic N) is 3. The maximum atomic E-state index is 6.01. The van der Waals surface area contributed by atoms with Crippen LogP contribution in [0.15, 0.2) is 48.8 Å². The summed E-state index contributed by atoms with van der Waals surface area (Å²) in [6.45, 7) is 2.58. The maximum absolute atomic E-state index is 6.01. The topological polar surface area (TPSA) is 47.5 Å². The summed E-state index contributed by atoms with van der Waals surface area (Å²) in [7, 11) is 1.65. The van der Waals surface area contributed by atoms with Crippen LogP contribution in [0.2, 0.25) is 0 Å². The molecule has 1 aromatic heterocycles. The van der Waals surface area contributed by atoms with Gasteiger partial charge in [0.2, 0.25) is 0 Å². The van der Waals surface area contributed by atoms with Gasteiger partial charge in [0.1, 0.15) is 18.8 Å². The van der Waals surface area contributed by atoms with Crippen molar-refractivity contribution in [2.45, 2.75) is 13.0 Å². The quantitative estimate of drug-likeness (QED) is 0.720. The summed E-state index contributed by atoms with van der Waals surface area (Å²) < 4.78 is 11.5. The van der Waals surface area contributed by atoms with Gasteiger partial charge in [-0.3, -0.25) is 0 Å². The Hall–Kier alpha value is -2.82. The van der Waals surface area contributed by atoms with E-state index in [2.05, 4.69) is 14.9 Å². The molecule has 24 heavy (non-hydrogen) atoms. The van der Waals surface area contributed by atoms with E-state index in [1.807, 2.05) is 42.5 Å². The molecule has 1 saturated heterocycles. The fourth-order valence-corrected chi connectivity index (χ4v) is 2.84. The highest BCUT2D eigenvalue weighted by Crippen LogP contribution is 2.36. The van der Waals surface area contributed by atoms with Gasteiger partial charge in [-0.1, -0.05) is 30.3 Å². The zero-order chi connectivity index (χ0) is 16.4. The molecule has 5 nitrogen and oxygen atoms in total. The van der Waals surface area contributed by atoms with E-state index in [9.17, 15) is 0 Å². The van der Waals surface area contributed by atoms with Crippen LogP contribution >= 0.6 is 0 Å². The lowest BCUT2D eigenvalue weighted by atomic mass is 10.1. The Morgan fingerprint density at radius 3 is 2.58 bits per heavy atom. The molecule has 0 saturated carbocycles. The lowest BCUT2D eigenvalue weighted by Crippen LogP contribution is -2.37. The summed E-state index contributed by atoms with van der Waals surface area (Å²) >= 11 is 0. The zero-order valence-electron chi connectivity index (χ0n) is 13.6. The van der Waals surface area contributed by atoms with Crippen molar-refractivity contribution in [2.24, 2.45) is 0 Å². The summed E-state index contributed by atoms with van der Waals surface area (Å²) in [6.07, 6.45) is 2.82. The van der Waals surface area contributed by atoms with Crippen LogP contribution in [0.4, 0.5) is 5.82 Å². The number of rotatable bonds is 5. The van der Waals surface area contributed by atoms with Gasteiger partial charge in [-0.15, -0.1) is 0 Å². The molecule has 0 atom stereocenters. The third-order valence-electron chi connectivity index (χ3n) is 4.29. The van der Waals surface area contributed by atoms with E-state index in [1.54, 1.807) is 13.4 Å². The molecule has 0 aliphatic carbocycles. The Bertz CT molecular complexity index is 848. The van der Waals surface area contributed by atoms with Crippen molar-refractivity contribution < 1.29 is 9.47 Å². The molecule has 1 aliphatic rings. The van der Waals surface area contributed by atoms with Crippen LogP contribution in [-0.4, -0.2) is 30.2 Å². The minimum Gasteiger partial charge on any atom is -0.493 e. The number of hydrogen-bond acceptors (Lipinski definition) is 5. The molecule has 4 rings (SSSR count). The minimum atomic E-state index is 0.495. The fourth-order valence-electron chi connectivity index (χ4n) is 2.84. The highest BCUT2D eigenvalue weighted by atomic mass is 16.5. The van der Waals surface area contributed by atoms with Gasteiger partial charge < -0.3 is 14.4 Å². The van der Waals surface area contributed by atoms with E-state index in [-0.39, 0.29) is 0 Å². The van der Waals surface area contributed by atoms with Gasteiger partial charge in [-0.05, 0) is 18.1 Å². The predicted octanol–water partition coefficient (Wildman–Crippen LogP) is 3.43. The van der Waals surface area contributed by atoms with Crippen molar-refractivity contribution in [3.63, 3.8) is 0 Å². The van der Waals surface area contributed by atoms with Crippen LogP contribution in [0.25, 0.3) is 10.9 Å². The van der Waals surface area contributed by atoms with E-state index >= 15 is 0 Å². The van der Waals surface area contributed by atoms with Crippen LogP contribution < -0.4 is 14.4 Å². The van der Waals surface area contributed by atoms with Gasteiger partial charge in [0.15, 0.2) is 11.5 Å². The van der Waals surface area contributed by atoms with Gasteiger partial charge in [-0.25, -0.2) is 9.97 Å². The van der Waals surface area contributed by atoms with Crippen molar-refractivity contribution in [1.82, 2.24) is 9.97 Å². The molecule has 2 aromatic carbocycles. The van der Waals surface area contributed by atoms with Crippen molar-refractivity contribution in [1.29, 1.82) is 0 Å². The average molecular weight is 321 g/mol. The highest BCUT2D eigenvalue weighted by Gasteiger charge is 2.20. The lowest BCUT2D eigenvalue weighted by Gasteiger charge is -2.32. The molecule has 2 heterocycles. The number of benzene rings is 2. The Labute approximate surface area is 140 Å². The van der Waals surface area contributed by atoms with Crippen LogP contribution in [0.5, 0.6) is 11.5 Å². The van der Waals surface area contributed by atoms with Crippen LogP contribution in [0.3, 0.4) is 0 Å². The monoisotopic (exact) mass is 321 g/mol. The largest absolute Gasteiger partial charge is 0.493 e. The normalized spacial score (nSPS) is 13.6. The molecule has 0 radical (unpaired) electrons. The first-order valence-corrected chi connectivity index (χ1v) is 8.09. The van der Waals surface area contributed by atoms with E-state index < -0.39 is 0 Å². The Kier molecular flexibility index (Phi) is 3.91. The van der Waals surface area contributed by atoms with Gasteiger partial charge in [0.25, 0.3) is 0 Å². The third-order valence-corrected chi connectivity index (χ3v) is 4.29. The van der Waals surface area contributed by atoms with Crippen molar-refractivity contribution in [3.05, 3.63) is 54.4 Å². The molecule has 0 amide bonds. The lowest BCUT2D eigenvalue weighted by molar-refractivity contribution is 0.285. The molecule has 122 valence electrons. The third kappa shape index (κ3) is 2.73. The molecule has 0 unspecified atom stereocenters. The first-order valence-electron chi connectivity index (χ1n) is 8.09. The fraction of sp³-hybridized carbons (Fsp3) is 0.263. The first kappa shape index (κ1) is 14.8. The summed E-state index contributed by atoms with van der Waals surface area (Å²) in [5.74, 6) is 2.37. The minimum absolute atomic E-state index is 0.495. The molecular weight excluding hydrogens is 302 g/mol. The summed E-state index contributed by atoms with van der Waals surface area (Å²) in [5, 5.41) is 1.00. The van der Waals surface area contributed by atoms with E-state index in [4.69, 9.17) is 9.47 Å². The maximum Gasteiger partial charge on any atom is 0.162 e. The van der Waals surface area contributed by atoms with Crippen molar-refractivity contribution >= 4 is 16.7 Å². The van der Waals surface area contributed by atoms with Gasteiger partial charge in [0.05, 0.1) is 12.6 Å². The number of aromatic nitrogens is 2. The summed E-state index contributed by atoms with van der Waals surface area (Å²) in [4.78, 5) is 11.1. The molecule has 3 aromatic rings. The predicted molar refractivity (Wildman–Crippen MR) is 93.7 cm³/mol. The highest BCUT2D eigenvalue weighted by molar-refractivity contribution is 5.92. The molecule has 0 N–H and O–H groups in total. The van der Waals surface area contributed by atoms with E-state index in [0.29, 0.717) is 18.1 Å². The molecule has 5 heteroatoms. The zero-order valence-corrected chi connectivity index (χ0v) is 13.6. The second-order valence-electron chi connectivity index (χ2n) is 5.83. The molecule has 1 aliphatic heterocycles. The van der Waals surface area contributed by atoms with Gasteiger partial charge in [0, 0.05) is 24.5 Å². The number of methoxy groups -OCH3 is 1. The standard InChI is InChI=1S/C19H19N3O2/c1-23-17-11-16-15(19(21-13-20-16)22-8-5-9-22)10-18(17)24-12-14-6-3-2-4-7-14/h2-4,6-7,10-11,13H,5,8-9,12H2,1H3. The average Bonchev–Trinajstić information content (AvgIpc) is 2.59. The van der Waals surface area contributed by atoms with E-state index in [0.717, 1.165) is 35.4 Å². The molecule has 1 fully saturated rings. The molecule has 0 bridgehead atoms. The summed E-state index contributed by atoms with van der Waals surface area (Å²) in [6, 6.07) is 14.0. The number of ether oxygens (including phenoxy) is 2. The number of anilines is 1. The smallest absolute Gasteiger partial charge is 0.162 e. The number of hydrogen-bond donors (Lipinski definition) is 0. The second-order valence-corrected chi connectivity index (χ2v) is 5.83. The molecule has 0 spiro atoms. The number of fused-ring (bicyclic) bond motifs is 1. The Morgan fingerprint density at radius 1 is 1.04 bits per heavy atom. The Balaban J connectivity index is 1.70. The summed E-state index contributed by atoms with van der Waals surface area (Å²) in [5.41, 5.74) is 1.99. The second kappa shape index (κ2) is 6.35. The van der Waals surface area contributed by atoms with Crippen molar-refractivity contribution in [2.75, 3.05) is 25.1 Å². The van der Waals surface area contributed by atoms with Crippen LogP contribution in [-0.2, 0) is 6.61 Å². The van der Waals surface area contributed by atoms with Crippen LogP contribution in [0.1, 0.15) is 12.0 Å². The van der Waals surface area contributed by atoms with Gasteiger partial charge >= 0.3 is 0 Å². The van der Waals surface area contributed by atoms with E-state index in [1.165, 1.54) is 6.42 Å². The van der Waals surface area contributed by atoms with Crippen LogP contribution in [0, 0.1) is 0 Å².